The lowest BCUT2D eigenvalue weighted by molar-refractivity contribution is -0.150. The second-order valence-electron chi connectivity index (χ2n) is 4.04. The van der Waals surface area contributed by atoms with Gasteiger partial charge in [-0.1, -0.05) is 13.8 Å². The highest BCUT2D eigenvalue weighted by atomic mass is 16.5. The zero-order valence-corrected chi connectivity index (χ0v) is 9.75. The van der Waals surface area contributed by atoms with Gasteiger partial charge < -0.3 is 9.84 Å². The average Bonchev–Trinajstić information content (AvgIpc) is 2.60. The van der Waals surface area contributed by atoms with Crippen molar-refractivity contribution in [2.24, 2.45) is 5.92 Å². The topological polar surface area (TPSA) is 77.2 Å². The lowest BCUT2D eigenvalue weighted by Gasteiger charge is -2.10. The molecule has 0 bridgehead atoms. The van der Waals surface area contributed by atoms with E-state index in [0.717, 1.165) is 6.54 Å². The summed E-state index contributed by atoms with van der Waals surface area (Å²) in [5.41, 5.74) is 0. The molecule has 0 unspecified atom stereocenters. The predicted molar refractivity (Wildman–Crippen MR) is 56.7 cm³/mol. The normalized spacial score (nSPS) is 13.0. The van der Waals surface area contributed by atoms with Crippen molar-refractivity contribution in [3.63, 3.8) is 0 Å². The van der Waals surface area contributed by atoms with Gasteiger partial charge in [0.25, 0.3) is 0 Å². The number of rotatable bonds is 6. The van der Waals surface area contributed by atoms with Gasteiger partial charge in [-0.3, -0.25) is 0 Å². The maximum atomic E-state index is 10.6. The first-order valence-electron chi connectivity index (χ1n) is 5.21. The molecule has 6 nitrogen and oxygen atoms in total. The Balaban J connectivity index is 2.53. The molecule has 0 spiro atoms. The minimum atomic E-state index is -0.977. The number of aromatic nitrogens is 3. The fourth-order valence-corrected chi connectivity index (χ4v) is 1.17. The van der Waals surface area contributed by atoms with Crippen molar-refractivity contribution in [2.75, 3.05) is 0 Å². The van der Waals surface area contributed by atoms with Gasteiger partial charge in [0.1, 0.15) is 12.9 Å². The Labute approximate surface area is 94.2 Å². The largest absolute Gasteiger partial charge is 0.479 e. The van der Waals surface area contributed by atoms with Gasteiger partial charge >= 0.3 is 5.97 Å². The van der Waals surface area contributed by atoms with Gasteiger partial charge in [0.15, 0.2) is 11.9 Å². The van der Waals surface area contributed by atoms with Gasteiger partial charge in [0.2, 0.25) is 0 Å². The van der Waals surface area contributed by atoms with E-state index >= 15 is 0 Å². The van der Waals surface area contributed by atoms with Crippen LogP contribution in [0.15, 0.2) is 6.33 Å². The molecule has 0 amide bonds. The maximum absolute atomic E-state index is 10.6. The Bertz CT molecular complexity index is 349. The summed E-state index contributed by atoms with van der Waals surface area (Å²) in [6.45, 7) is 6.56. The van der Waals surface area contributed by atoms with Gasteiger partial charge in [0, 0.05) is 6.54 Å². The van der Waals surface area contributed by atoms with Crippen LogP contribution in [0.2, 0.25) is 0 Å². The first kappa shape index (κ1) is 12.6. The zero-order chi connectivity index (χ0) is 12.1. The molecule has 0 radical (unpaired) electrons. The van der Waals surface area contributed by atoms with Crippen LogP contribution in [-0.2, 0) is 22.7 Å². The van der Waals surface area contributed by atoms with Crippen molar-refractivity contribution in [3.05, 3.63) is 12.2 Å². The molecule has 0 aliphatic heterocycles. The fourth-order valence-electron chi connectivity index (χ4n) is 1.17. The summed E-state index contributed by atoms with van der Waals surface area (Å²) in [5.74, 6) is 0.133. The number of carbonyl (C=O) groups is 1. The summed E-state index contributed by atoms with van der Waals surface area (Å²) >= 11 is 0. The smallest absolute Gasteiger partial charge is 0.332 e. The lowest BCUT2D eigenvalue weighted by atomic mass is 10.2. The Morgan fingerprint density at radius 2 is 2.25 bits per heavy atom. The quantitative estimate of drug-likeness (QED) is 0.782. The molecule has 1 N–H and O–H groups in total. The standard InChI is InChI=1S/C10H17N3O3/c1-7(2)4-13-9(11-6-12-13)5-16-8(3)10(14)15/h6-8H,4-5H2,1-3H3,(H,14,15)/t8-/m0/s1. The third-order valence-corrected chi connectivity index (χ3v) is 2.04. The van der Waals surface area contributed by atoms with Crippen LogP contribution < -0.4 is 0 Å². The molecule has 0 aliphatic carbocycles. The molecule has 1 aromatic rings. The Kier molecular flexibility index (Phi) is 4.42. The van der Waals surface area contributed by atoms with Crippen LogP contribution in [0, 0.1) is 5.92 Å². The van der Waals surface area contributed by atoms with Gasteiger partial charge in [-0.2, -0.15) is 5.10 Å². The van der Waals surface area contributed by atoms with Crippen LogP contribution in [0.4, 0.5) is 0 Å². The molecule has 90 valence electrons. The third kappa shape index (κ3) is 3.62. The van der Waals surface area contributed by atoms with Crippen LogP contribution in [0.25, 0.3) is 0 Å². The number of hydrogen-bond acceptors (Lipinski definition) is 4. The van der Waals surface area contributed by atoms with Crippen molar-refractivity contribution in [3.8, 4) is 0 Å². The summed E-state index contributed by atoms with van der Waals surface area (Å²) in [6, 6.07) is 0. The summed E-state index contributed by atoms with van der Waals surface area (Å²) in [4.78, 5) is 14.6. The lowest BCUT2D eigenvalue weighted by Crippen LogP contribution is -2.21. The monoisotopic (exact) mass is 227 g/mol. The van der Waals surface area contributed by atoms with Crippen LogP contribution >= 0.6 is 0 Å². The zero-order valence-electron chi connectivity index (χ0n) is 9.75. The van der Waals surface area contributed by atoms with Crippen LogP contribution in [0.1, 0.15) is 26.6 Å². The van der Waals surface area contributed by atoms with E-state index in [0.29, 0.717) is 11.7 Å². The van der Waals surface area contributed by atoms with E-state index < -0.39 is 12.1 Å². The molecule has 1 rings (SSSR count). The molecule has 0 fully saturated rings. The molecule has 1 atom stereocenters. The second kappa shape index (κ2) is 5.60. The van der Waals surface area contributed by atoms with Crippen molar-refractivity contribution in [2.45, 2.75) is 40.0 Å². The summed E-state index contributed by atoms with van der Waals surface area (Å²) in [7, 11) is 0. The number of nitrogens with zero attached hydrogens (tertiary/aromatic N) is 3. The Morgan fingerprint density at radius 1 is 1.56 bits per heavy atom. The van der Waals surface area contributed by atoms with E-state index in [2.05, 4.69) is 23.9 Å². The Hall–Kier alpha value is -1.43. The van der Waals surface area contributed by atoms with Crippen molar-refractivity contribution in [1.29, 1.82) is 0 Å². The number of carboxylic acids is 1. The van der Waals surface area contributed by atoms with Crippen LogP contribution in [0.3, 0.4) is 0 Å². The summed E-state index contributed by atoms with van der Waals surface area (Å²) in [5, 5.41) is 12.7. The molecular weight excluding hydrogens is 210 g/mol. The SMILES string of the molecule is CC(C)Cn1ncnc1CO[C@@H](C)C(=O)O. The van der Waals surface area contributed by atoms with Crippen molar-refractivity contribution < 1.29 is 14.6 Å². The number of aliphatic carboxylic acids is 1. The number of ether oxygens (including phenoxy) is 1. The summed E-state index contributed by atoms with van der Waals surface area (Å²) < 4.78 is 6.88. The van der Waals surface area contributed by atoms with E-state index in [-0.39, 0.29) is 6.61 Å². The third-order valence-electron chi connectivity index (χ3n) is 2.04. The Morgan fingerprint density at radius 3 is 2.81 bits per heavy atom. The number of carboxylic acid groups (broad SMARTS) is 1. The number of hydrogen-bond donors (Lipinski definition) is 1. The van der Waals surface area contributed by atoms with Gasteiger partial charge in [0.05, 0.1) is 0 Å². The fraction of sp³-hybridized carbons (Fsp3) is 0.700. The van der Waals surface area contributed by atoms with E-state index in [1.165, 1.54) is 13.3 Å². The molecule has 1 heterocycles. The minimum Gasteiger partial charge on any atom is -0.479 e. The van der Waals surface area contributed by atoms with E-state index in [1.807, 2.05) is 0 Å². The molecule has 1 aromatic heterocycles. The summed E-state index contributed by atoms with van der Waals surface area (Å²) in [6.07, 6.45) is 0.621. The molecule has 0 aliphatic rings. The van der Waals surface area contributed by atoms with Crippen molar-refractivity contribution >= 4 is 5.97 Å². The van der Waals surface area contributed by atoms with E-state index in [4.69, 9.17) is 9.84 Å². The van der Waals surface area contributed by atoms with E-state index in [1.54, 1.807) is 4.68 Å². The molecule has 16 heavy (non-hydrogen) atoms. The van der Waals surface area contributed by atoms with Crippen molar-refractivity contribution in [1.82, 2.24) is 14.8 Å². The highest BCUT2D eigenvalue weighted by Crippen LogP contribution is 2.04. The van der Waals surface area contributed by atoms with Crippen LogP contribution in [0.5, 0.6) is 0 Å². The van der Waals surface area contributed by atoms with E-state index in [9.17, 15) is 4.79 Å². The highest BCUT2D eigenvalue weighted by Gasteiger charge is 2.13. The van der Waals surface area contributed by atoms with Gasteiger partial charge in [-0.05, 0) is 12.8 Å². The second-order valence-corrected chi connectivity index (χ2v) is 4.04. The first-order valence-corrected chi connectivity index (χ1v) is 5.21. The van der Waals surface area contributed by atoms with Crippen LogP contribution in [-0.4, -0.2) is 31.9 Å². The molecule has 0 saturated carbocycles. The van der Waals surface area contributed by atoms with Gasteiger partial charge in [-0.15, -0.1) is 0 Å². The first-order chi connectivity index (χ1) is 7.50. The molecule has 0 aromatic carbocycles. The molecular formula is C10H17N3O3. The molecule has 6 heteroatoms. The average molecular weight is 227 g/mol. The maximum Gasteiger partial charge on any atom is 0.332 e. The van der Waals surface area contributed by atoms with Gasteiger partial charge in [-0.25, -0.2) is 14.5 Å². The highest BCUT2D eigenvalue weighted by molar-refractivity contribution is 5.71. The minimum absolute atomic E-state index is 0.167. The predicted octanol–water partition coefficient (Wildman–Crippen LogP) is 0.924. The molecule has 0 saturated heterocycles.